The number of aliphatic imine (C=N–C) groups is 1. The highest BCUT2D eigenvalue weighted by Gasteiger charge is 2.24. The van der Waals surface area contributed by atoms with E-state index in [0.717, 1.165) is 30.4 Å². The second-order valence-corrected chi connectivity index (χ2v) is 7.60. The minimum absolute atomic E-state index is 0.415. The maximum Gasteiger partial charge on any atom is 0.191 e. The maximum absolute atomic E-state index is 4.72. The number of nitrogens with one attached hydrogen (secondary N) is 2. The Morgan fingerprint density at radius 3 is 2.77 bits per heavy atom. The molecule has 3 rings (SSSR count). The van der Waals surface area contributed by atoms with Crippen LogP contribution in [0.3, 0.4) is 0 Å². The third-order valence-electron chi connectivity index (χ3n) is 4.61. The molecule has 0 bridgehead atoms. The van der Waals surface area contributed by atoms with Crippen molar-refractivity contribution in [2.45, 2.75) is 39.3 Å². The highest BCUT2D eigenvalue weighted by molar-refractivity contribution is 7.10. The molecule has 1 aliphatic rings. The summed E-state index contributed by atoms with van der Waals surface area (Å²) in [6.45, 7) is 8.78. The SMILES string of the molecule is CCNC(=NCc1cccc(C)n1)NCC(c1cccs1)N1CCCC1. The molecular formula is C20H29N5S. The van der Waals surface area contributed by atoms with Gasteiger partial charge < -0.3 is 10.6 Å². The van der Waals surface area contributed by atoms with E-state index in [1.54, 1.807) is 0 Å². The summed E-state index contributed by atoms with van der Waals surface area (Å²) in [5.74, 6) is 0.858. The van der Waals surface area contributed by atoms with Crippen LogP contribution in [0, 0.1) is 6.92 Å². The van der Waals surface area contributed by atoms with Crippen molar-refractivity contribution in [2.75, 3.05) is 26.2 Å². The molecule has 0 aromatic carbocycles. The first kappa shape index (κ1) is 18.9. The molecule has 1 unspecified atom stereocenters. The molecule has 140 valence electrons. The molecule has 1 aliphatic heterocycles. The largest absolute Gasteiger partial charge is 0.357 e. The standard InChI is InChI=1S/C20H29N5S/c1-3-21-20(22-14-17-9-6-8-16(2)24-17)23-15-18(19-10-7-13-26-19)25-11-4-5-12-25/h6-10,13,18H,3-5,11-12,14-15H2,1-2H3,(H2,21,22,23). The summed E-state index contributed by atoms with van der Waals surface area (Å²) in [4.78, 5) is 13.3. The monoisotopic (exact) mass is 371 g/mol. The molecule has 6 heteroatoms. The summed E-state index contributed by atoms with van der Waals surface area (Å²) in [5, 5.41) is 9.07. The van der Waals surface area contributed by atoms with Gasteiger partial charge in [-0.25, -0.2) is 4.99 Å². The summed E-state index contributed by atoms with van der Waals surface area (Å²) in [6.07, 6.45) is 2.60. The molecule has 2 aromatic rings. The van der Waals surface area contributed by atoms with Crippen molar-refractivity contribution >= 4 is 17.3 Å². The predicted octanol–water partition coefficient (Wildman–Crippen LogP) is 3.34. The van der Waals surface area contributed by atoms with Gasteiger partial charge in [0.05, 0.1) is 18.3 Å². The van der Waals surface area contributed by atoms with E-state index in [-0.39, 0.29) is 0 Å². The Morgan fingerprint density at radius 2 is 2.08 bits per heavy atom. The van der Waals surface area contributed by atoms with Gasteiger partial charge in [0.15, 0.2) is 5.96 Å². The van der Waals surface area contributed by atoms with E-state index in [2.05, 4.69) is 45.0 Å². The lowest BCUT2D eigenvalue weighted by molar-refractivity contribution is 0.249. The van der Waals surface area contributed by atoms with Crippen molar-refractivity contribution in [2.24, 2.45) is 4.99 Å². The van der Waals surface area contributed by atoms with Gasteiger partial charge in [-0.05, 0) is 63.4 Å². The molecule has 1 saturated heterocycles. The van der Waals surface area contributed by atoms with Crippen molar-refractivity contribution in [3.8, 4) is 0 Å². The van der Waals surface area contributed by atoms with E-state index < -0.39 is 0 Å². The number of hydrogen-bond acceptors (Lipinski definition) is 4. The van der Waals surface area contributed by atoms with Crippen molar-refractivity contribution < 1.29 is 0 Å². The first-order valence-electron chi connectivity index (χ1n) is 9.48. The van der Waals surface area contributed by atoms with Crippen LogP contribution in [0.15, 0.2) is 40.7 Å². The fraction of sp³-hybridized carbons (Fsp3) is 0.500. The highest BCUT2D eigenvalue weighted by Crippen LogP contribution is 2.27. The number of rotatable bonds is 7. The zero-order valence-corrected chi connectivity index (χ0v) is 16.6. The molecule has 0 amide bonds. The van der Waals surface area contributed by atoms with Gasteiger partial charge in [0.25, 0.3) is 0 Å². The maximum atomic E-state index is 4.72. The number of likely N-dealkylation sites (tertiary alicyclic amines) is 1. The minimum atomic E-state index is 0.415. The molecular weight excluding hydrogens is 342 g/mol. The van der Waals surface area contributed by atoms with E-state index >= 15 is 0 Å². The van der Waals surface area contributed by atoms with E-state index in [1.807, 2.05) is 36.5 Å². The zero-order chi connectivity index (χ0) is 18.2. The van der Waals surface area contributed by atoms with Crippen molar-refractivity contribution in [3.63, 3.8) is 0 Å². The number of hydrogen-bond donors (Lipinski definition) is 2. The van der Waals surface area contributed by atoms with E-state index in [9.17, 15) is 0 Å². The van der Waals surface area contributed by atoms with Crippen LogP contribution in [0.4, 0.5) is 0 Å². The van der Waals surface area contributed by atoms with Crippen LogP contribution in [0.2, 0.25) is 0 Å². The molecule has 0 aliphatic carbocycles. The average molecular weight is 372 g/mol. The van der Waals surface area contributed by atoms with Gasteiger partial charge in [-0.1, -0.05) is 12.1 Å². The van der Waals surface area contributed by atoms with E-state index in [1.165, 1.54) is 30.8 Å². The number of guanidine groups is 1. The molecule has 2 N–H and O–H groups in total. The smallest absolute Gasteiger partial charge is 0.191 e. The molecule has 1 atom stereocenters. The van der Waals surface area contributed by atoms with Crippen LogP contribution in [-0.2, 0) is 6.54 Å². The molecule has 0 radical (unpaired) electrons. The summed E-state index contributed by atoms with van der Waals surface area (Å²) in [6, 6.07) is 10.9. The summed E-state index contributed by atoms with van der Waals surface area (Å²) < 4.78 is 0. The fourth-order valence-electron chi connectivity index (χ4n) is 3.33. The van der Waals surface area contributed by atoms with Crippen LogP contribution in [0.25, 0.3) is 0 Å². The third-order valence-corrected chi connectivity index (χ3v) is 5.58. The van der Waals surface area contributed by atoms with E-state index in [0.29, 0.717) is 12.6 Å². The number of nitrogens with zero attached hydrogens (tertiary/aromatic N) is 3. The van der Waals surface area contributed by atoms with Crippen molar-refractivity contribution in [1.29, 1.82) is 0 Å². The van der Waals surface area contributed by atoms with Crippen LogP contribution in [-0.4, -0.2) is 42.0 Å². The lowest BCUT2D eigenvalue weighted by Crippen LogP contribution is -2.42. The summed E-state index contributed by atoms with van der Waals surface area (Å²) >= 11 is 1.84. The van der Waals surface area contributed by atoms with Crippen LogP contribution in [0.1, 0.15) is 42.1 Å². The summed E-state index contributed by atoms with van der Waals surface area (Å²) in [7, 11) is 0. The topological polar surface area (TPSA) is 52.6 Å². The molecule has 2 aromatic heterocycles. The van der Waals surface area contributed by atoms with Gasteiger partial charge in [0, 0.05) is 23.7 Å². The van der Waals surface area contributed by atoms with Gasteiger partial charge in [-0.2, -0.15) is 0 Å². The van der Waals surface area contributed by atoms with Crippen molar-refractivity contribution in [3.05, 3.63) is 52.0 Å². The summed E-state index contributed by atoms with van der Waals surface area (Å²) in [5.41, 5.74) is 2.03. The third kappa shape index (κ3) is 5.29. The molecule has 26 heavy (non-hydrogen) atoms. The Morgan fingerprint density at radius 1 is 1.23 bits per heavy atom. The lowest BCUT2D eigenvalue weighted by Gasteiger charge is -2.27. The van der Waals surface area contributed by atoms with Crippen LogP contribution < -0.4 is 10.6 Å². The molecule has 1 fully saturated rings. The molecule has 0 spiro atoms. The lowest BCUT2D eigenvalue weighted by atomic mass is 10.2. The van der Waals surface area contributed by atoms with Crippen LogP contribution >= 0.6 is 11.3 Å². The van der Waals surface area contributed by atoms with Gasteiger partial charge >= 0.3 is 0 Å². The average Bonchev–Trinajstić information content (AvgIpc) is 3.34. The zero-order valence-electron chi connectivity index (χ0n) is 15.7. The highest BCUT2D eigenvalue weighted by atomic mass is 32.1. The van der Waals surface area contributed by atoms with Gasteiger partial charge in [-0.3, -0.25) is 9.88 Å². The first-order valence-corrected chi connectivity index (χ1v) is 10.4. The van der Waals surface area contributed by atoms with E-state index in [4.69, 9.17) is 4.99 Å². The minimum Gasteiger partial charge on any atom is -0.357 e. The second-order valence-electron chi connectivity index (χ2n) is 6.62. The Hall–Kier alpha value is -1.92. The number of pyridine rings is 1. The van der Waals surface area contributed by atoms with Gasteiger partial charge in [0.1, 0.15) is 0 Å². The quantitative estimate of drug-likeness (QED) is 0.579. The Kier molecular flexibility index (Phi) is 7.03. The Labute approximate surface area is 160 Å². The number of aromatic nitrogens is 1. The Balaban J connectivity index is 1.65. The fourth-order valence-corrected chi connectivity index (χ4v) is 4.19. The predicted molar refractivity (Wildman–Crippen MR) is 110 cm³/mol. The van der Waals surface area contributed by atoms with Crippen LogP contribution in [0.5, 0.6) is 0 Å². The van der Waals surface area contributed by atoms with Gasteiger partial charge in [-0.15, -0.1) is 11.3 Å². The molecule has 0 saturated carbocycles. The molecule has 5 nitrogen and oxygen atoms in total. The Bertz CT molecular complexity index is 692. The molecule has 3 heterocycles. The second kappa shape index (κ2) is 9.69. The first-order chi connectivity index (χ1) is 12.8. The van der Waals surface area contributed by atoms with Gasteiger partial charge in [0.2, 0.25) is 0 Å². The van der Waals surface area contributed by atoms with Crippen molar-refractivity contribution in [1.82, 2.24) is 20.5 Å². The number of thiophene rings is 1. The normalized spacial score (nSPS) is 16.6. The number of aryl methyl sites for hydroxylation is 1.